The van der Waals surface area contributed by atoms with Gasteiger partial charge in [0.25, 0.3) is 0 Å². The highest BCUT2D eigenvalue weighted by Crippen LogP contribution is 2.42. The Kier molecular flexibility index (Phi) is 6.50. The summed E-state index contributed by atoms with van der Waals surface area (Å²) in [7, 11) is 0. The predicted octanol–water partition coefficient (Wildman–Crippen LogP) is 9.95. The minimum Gasteiger partial charge on any atom is -0.507 e. The van der Waals surface area contributed by atoms with Gasteiger partial charge in [-0.15, -0.1) is 0 Å². The van der Waals surface area contributed by atoms with Gasteiger partial charge in [-0.25, -0.2) is 15.0 Å². The molecule has 0 aliphatic carbocycles. The fourth-order valence-electron chi connectivity index (χ4n) is 5.77. The van der Waals surface area contributed by atoms with E-state index in [4.69, 9.17) is 19.4 Å². The predicted molar refractivity (Wildman–Crippen MR) is 180 cm³/mol. The SMILES string of the molecule is Oc1ccccc1-c1nc(-c2cccc(N(c3ccccn3)c3ccccc3-c3ccccc3)c2)c2oc3ccccc3c2n1. The number of benzene rings is 5. The molecule has 0 spiro atoms. The first-order valence-corrected chi connectivity index (χ1v) is 14.7. The van der Waals surface area contributed by atoms with Crippen molar-refractivity contribution in [3.8, 4) is 39.5 Å². The van der Waals surface area contributed by atoms with Crippen LogP contribution in [-0.2, 0) is 0 Å². The van der Waals surface area contributed by atoms with Gasteiger partial charge in [-0.1, -0.05) is 91.0 Å². The van der Waals surface area contributed by atoms with Crippen molar-refractivity contribution in [1.29, 1.82) is 0 Å². The summed E-state index contributed by atoms with van der Waals surface area (Å²) in [6.07, 6.45) is 1.80. The fraction of sp³-hybridized carbons (Fsp3) is 0. The molecule has 214 valence electrons. The van der Waals surface area contributed by atoms with E-state index in [9.17, 15) is 5.11 Å². The summed E-state index contributed by atoms with van der Waals surface area (Å²) in [5.41, 5.74) is 8.11. The number of hydrogen-bond acceptors (Lipinski definition) is 6. The van der Waals surface area contributed by atoms with Crippen LogP contribution in [0.15, 0.2) is 156 Å². The summed E-state index contributed by atoms with van der Waals surface area (Å²) in [5, 5.41) is 11.6. The molecule has 8 rings (SSSR count). The molecule has 3 heterocycles. The van der Waals surface area contributed by atoms with Crippen molar-refractivity contribution in [2.24, 2.45) is 0 Å². The van der Waals surface area contributed by atoms with Crippen LogP contribution in [0.1, 0.15) is 0 Å². The maximum absolute atomic E-state index is 10.7. The van der Waals surface area contributed by atoms with Crippen molar-refractivity contribution >= 4 is 39.3 Å². The van der Waals surface area contributed by atoms with Crippen molar-refractivity contribution in [1.82, 2.24) is 15.0 Å². The second-order valence-corrected chi connectivity index (χ2v) is 10.6. The van der Waals surface area contributed by atoms with Crippen LogP contribution in [-0.4, -0.2) is 20.1 Å². The number of anilines is 3. The fourth-order valence-corrected chi connectivity index (χ4v) is 5.77. The molecular weight excluding hydrogens is 556 g/mol. The van der Waals surface area contributed by atoms with Crippen LogP contribution in [0.3, 0.4) is 0 Å². The van der Waals surface area contributed by atoms with Crippen LogP contribution in [0.25, 0.3) is 55.8 Å². The summed E-state index contributed by atoms with van der Waals surface area (Å²) in [5.74, 6) is 1.32. The molecule has 8 aromatic rings. The Morgan fingerprint density at radius 2 is 1.33 bits per heavy atom. The van der Waals surface area contributed by atoms with Gasteiger partial charge in [0.05, 0.1) is 11.3 Å². The number of phenolic OH excluding ortho intramolecular Hbond substituents is 1. The second-order valence-electron chi connectivity index (χ2n) is 10.6. The second kappa shape index (κ2) is 11.1. The molecule has 6 heteroatoms. The number of aromatic nitrogens is 3. The molecule has 0 amide bonds. The number of hydrogen-bond donors (Lipinski definition) is 1. The van der Waals surface area contributed by atoms with Gasteiger partial charge in [-0.2, -0.15) is 0 Å². The third kappa shape index (κ3) is 4.75. The largest absolute Gasteiger partial charge is 0.507 e. The summed E-state index contributed by atoms with van der Waals surface area (Å²) in [4.78, 5) is 16.8. The Hall–Kier alpha value is -6.27. The standard InChI is InChI=1S/C39H26N4O2/c44-33-21-8-5-18-30(33)39-41-36(38-37(42-39)31-19-6-9-22-34(31)45-38)27-15-12-16-28(25-27)43(35-23-10-11-24-40-35)32-20-7-4-17-29(32)26-13-2-1-3-14-26/h1-25,44H. The Balaban J connectivity index is 1.36. The first-order chi connectivity index (χ1) is 22.2. The van der Waals surface area contributed by atoms with Crippen molar-refractivity contribution in [2.45, 2.75) is 0 Å². The average Bonchev–Trinajstić information content (AvgIpc) is 3.48. The minimum absolute atomic E-state index is 0.114. The van der Waals surface area contributed by atoms with E-state index in [1.54, 1.807) is 18.3 Å². The van der Waals surface area contributed by atoms with Crippen molar-refractivity contribution in [2.75, 3.05) is 4.90 Å². The summed E-state index contributed by atoms with van der Waals surface area (Å²) in [6.45, 7) is 0. The van der Waals surface area contributed by atoms with Crippen LogP contribution in [0.5, 0.6) is 5.75 Å². The van der Waals surface area contributed by atoms with E-state index in [-0.39, 0.29) is 5.75 Å². The Morgan fingerprint density at radius 3 is 2.18 bits per heavy atom. The zero-order valence-corrected chi connectivity index (χ0v) is 24.1. The Labute approximate surface area is 259 Å². The number of para-hydroxylation sites is 3. The van der Waals surface area contributed by atoms with E-state index in [0.717, 1.165) is 44.9 Å². The van der Waals surface area contributed by atoms with E-state index < -0.39 is 0 Å². The summed E-state index contributed by atoms with van der Waals surface area (Å²) >= 11 is 0. The number of rotatable bonds is 6. The van der Waals surface area contributed by atoms with Gasteiger partial charge in [-0.05, 0) is 60.2 Å². The molecule has 0 bridgehead atoms. The lowest BCUT2D eigenvalue weighted by Gasteiger charge is -2.27. The number of phenols is 1. The van der Waals surface area contributed by atoms with Gasteiger partial charge in [-0.3, -0.25) is 4.90 Å². The minimum atomic E-state index is 0.114. The highest BCUT2D eigenvalue weighted by molar-refractivity contribution is 6.07. The van der Waals surface area contributed by atoms with Crippen molar-refractivity contribution < 1.29 is 9.52 Å². The van der Waals surface area contributed by atoms with E-state index in [0.29, 0.717) is 28.2 Å². The van der Waals surface area contributed by atoms with Crippen LogP contribution in [0, 0.1) is 0 Å². The van der Waals surface area contributed by atoms with Gasteiger partial charge in [0.1, 0.15) is 28.4 Å². The molecule has 0 atom stereocenters. The normalized spacial score (nSPS) is 11.2. The van der Waals surface area contributed by atoms with Crippen LogP contribution >= 0.6 is 0 Å². The molecule has 5 aromatic carbocycles. The number of fused-ring (bicyclic) bond motifs is 3. The first-order valence-electron chi connectivity index (χ1n) is 14.7. The number of furan rings is 1. The zero-order chi connectivity index (χ0) is 30.2. The van der Waals surface area contributed by atoms with E-state index in [1.165, 1.54) is 0 Å². The van der Waals surface area contributed by atoms with Gasteiger partial charge < -0.3 is 9.52 Å². The molecule has 0 radical (unpaired) electrons. The van der Waals surface area contributed by atoms with E-state index in [1.807, 2.05) is 91.0 Å². The Morgan fingerprint density at radius 1 is 0.600 bits per heavy atom. The molecule has 3 aromatic heterocycles. The summed E-state index contributed by atoms with van der Waals surface area (Å²) in [6, 6.07) is 47.8. The van der Waals surface area contributed by atoms with Crippen LogP contribution in [0.2, 0.25) is 0 Å². The van der Waals surface area contributed by atoms with Crippen molar-refractivity contribution in [3.63, 3.8) is 0 Å². The summed E-state index contributed by atoms with van der Waals surface area (Å²) < 4.78 is 6.39. The van der Waals surface area contributed by atoms with Gasteiger partial charge >= 0.3 is 0 Å². The lowest BCUT2D eigenvalue weighted by molar-refractivity contribution is 0.477. The molecule has 0 saturated carbocycles. The van der Waals surface area contributed by atoms with Crippen molar-refractivity contribution in [3.05, 3.63) is 152 Å². The maximum atomic E-state index is 10.7. The van der Waals surface area contributed by atoms with Gasteiger partial charge in [0.15, 0.2) is 11.4 Å². The highest BCUT2D eigenvalue weighted by atomic mass is 16.3. The lowest BCUT2D eigenvalue weighted by atomic mass is 10.0. The third-order valence-corrected chi connectivity index (χ3v) is 7.85. The van der Waals surface area contributed by atoms with Gasteiger partial charge in [0, 0.05) is 28.4 Å². The Bertz CT molecular complexity index is 2300. The maximum Gasteiger partial charge on any atom is 0.180 e. The monoisotopic (exact) mass is 582 g/mol. The molecule has 6 nitrogen and oxygen atoms in total. The lowest BCUT2D eigenvalue weighted by Crippen LogP contribution is -2.12. The molecule has 0 saturated heterocycles. The average molecular weight is 583 g/mol. The van der Waals surface area contributed by atoms with E-state index in [2.05, 4.69) is 47.4 Å². The molecular formula is C39H26N4O2. The third-order valence-electron chi connectivity index (χ3n) is 7.85. The van der Waals surface area contributed by atoms with Gasteiger partial charge in [0.2, 0.25) is 0 Å². The highest BCUT2D eigenvalue weighted by Gasteiger charge is 2.22. The van der Waals surface area contributed by atoms with E-state index >= 15 is 0 Å². The molecule has 0 aliphatic rings. The van der Waals surface area contributed by atoms with Crippen LogP contribution in [0.4, 0.5) is 17.2 Å². The first kappa shape index (κ1) is 26.4. The molecule has 45 heavy (non-hydrogen) atoms. The molecule has 0 aliphatic heterocycles. The number of nitrogens with zero attached hydrogens (tertiary/aromatic N) is 4. The molecule has 1 N–H and O–H groups in total. The molecule has 0 fully saturated rings. The topological polar surface area (TPSA) is 75.3 Å². The van der Waals surface area contributed by atoms with Crippen LogP contribution < -0.4 is 4.90 Å². The number of aromatic hydroxyl groups is 1. The molecule has 0 unspecified atom stereocenters. The number of pyridine rings is 1. The quantitative estimate of drug-likeness (QED) is 0.210. The zero-order valence-electron chi connectivity index (χ0n) is 24.1. The smallest absolute Gasteiger partial charge is 0.180 e.